The summed E-state index contributed by atoms with van der Waals surface area (Å²) in [4.78, 5) is 26.0. The van der Waals surface area contributed by atoms with Crippen LogP contribution in [0.2, 0.25) is 0 Å². The fourth-order valence-electron chi connectivity index (χ4n) is 4.49. The molecule has 1 saturated heterocycles. The lowest BCUT2D eigenvalue weighted by atomic mass is 10.2. The number of hydrogen-bond donors (Lipinski definition) is 1. The number of nitrogens with one attached hydrogen (secondary N) is 1. The number of alkyl halides is 3. The van der Waals surface area contributed by atoms with Crippen LogP contribution >= 0.6 is 0 Å². The van der Waals surface area contributed by atoms with Crippen LogP contribution in [0.25, 0.3) is 11.0 Å². The van der Waals surface area contributed by atoms with Crippen molar-refractivity contribution in [1.29, 1.82) is 0 Å². The molecule has 0 aliphatic carbocycles. The first kappa shape index (κ1) is 27.4. The van der Waals surface area contributed by atoms with Crippen LogP contribution in [0.1, 0.15) is 5.69 Å². The zero-order valence-corrected chi connectivity index (χ0v) is 22.1. The Kier molecular flexibility index (Phi) is 7.90. The molecule has 0 radical (unpaired) electrons. The Balaban J connectivity index is 1.23. The zero-order chi connectivity index (χ0) is 28.3. The number of rotatable bonds is 9. The fourth-order valence-corrected chi connectivity index (χ4v) is 4.49. The molecule has 4 aromatic rings. The molecule has 12 heteroatoms. The second kappa shape index (κ2) is 11.5. The van der Waals surface area contributed by atoms with Crippen LogP contribution in [0.4, 0.5) is 24.8 Å². The maximum Gasteiger partial charge on any atom is 0.573 e. The van der Waals surface area contributed by atoms with Crippen molar-refractivity contribution >= 4 is 28.5 Å². The van der Waals surface area contributed by atoms with E-state index in [1.165, 1.54) is 24.3 Å². The Morgan fingerprint density at radius 1 is 0.950 bits per heavy atom. The van der Waals surface area contributed by atoms with Crippen LogP contribution in [0.15, 0.2) is 60.8 Å². The highest BCUT2D eigenvalue weighted by atomic mass is 19.4. The normalized spacial score (nSPS) is 14.8. The molecule has 1 aliphatic heterocycles. The predicted octanol–water partition coefficient (Wildman–Crippen LogP) is 4.76. The molecule has 2 aromatic carbocycles. The van der Waals surface area contributed by atoms with Gasteiger partial charge in [-0.1, -0.05) is 0 Å². The number of carbonyl (C=O) groups is 1. The summed E-state index contributed by atoms with van der Waals surface area (Å²) >= 11 is 0. The van der Waals surface area contributed by atoms with Crippen molar-refractivity contribution in [1.82, 2.24) is 24.3 Å². The average molecular weight is 555 g/mol. The number of ether oxygens (including phenoxy) is 2. The summed E-state index contributed by atoms with van der Waals surface area (Å²) in [6.45, 7) is 4.10. The number of piperazine rings is 1. The van der Waals surface area contributed by atoms with Crippen LogP contribution in [-0.4, -0.2) is 76.3 Å². The summed E-state index contributed by atoms with van der Waals surface area (Å²) in [5, 5.41) is 3.11. The van der Waals surface area contributed by atoms with Gasteiger partial charge in [-0.3, -0.25) is 14.7 Å². The van der Waals surface area contributed by atoms with Crippen molar-refractivity contribution in [3.05, 3.63) is 66.5 Å². The summed E-state index contributed by atoms with van der Waals surface area (Å²) in [6.07, 6.45) is -2.88. The third-order valence-corrected chi connectivity index (χ3v) is 6.59. The molecule has 0 atom stereocenters. The van der Waals surface area contributed by atoms with E-state index in [-0.39, 0.29) is 18.0 Å². The molecule has 0 unspecified atom stereocenters. The Bertz CT molecular complexity index is 1480. The molecule has 3 heterocycles. The van der Waals surface area contributed by atoms with E-state index in [9.17, 15) is 18.0 Å². The van der Waals surface area contributed by atoms with Crippen molar-refractivity contribution in [3.8, 4) is 17.2 Å². The van der Waals surface area contributed by atoms with Gasteiger partial charge in [-0.25, -0.2) is 4.98 Å². The number of halogens is 3. The first-order valence-electron chi connectivity index (χ1n) is 12.8. The summed E-state index contributed by atoms with van der Waals surface area (Å²) < 4.78 is 49.0. The minimum Gasteiger partial charge on any atom is -0.457 e. The summed E-state index contributed by atoms with van der Waals surface area (Å²) in [5.74, 6) is 1.44. The molecule has 1 N–H and O–H groups in total. The Labute approximate surface area is 229 Å². The highest BCUT2D eigenvalue weighted by Crippen LogP contribution is 2.29. The second-order valence-corrected chi connectivity index (χ2v) is 9.72. The number of hydrogen-bond acceptors (Lipinski definition) is 8. The fraction of sp³-hybridized carbons (Fsp3) is 0.321. The highest BCUT2D eigenvalue weighted by Gasteiger charge is 2.31. The molecule has 1 aliphatic rings. The van der Waals surface area contributed by atoms with E-state index in [0.717, 1.165) is 31.7 Å². The number of likely N-dealkylation sites (N-methyl/N-ethyl adjacent to an activating group) is 1. The summed E-state index contributed by atoms with van der Waals surface area (Å²) in [5.41, 5.74) is 2.69. The summed E-state index contributed by atoms with van der Waals surface area (Å²) in [6, 6.07) is 14.4. The maximum absolute atomic E-state index is 12.6. The van der Waals surface area contributed by atoms with Gasteiger partial charge in [0, 0.05) is 57.2 Å². The number of fused-ring (bicyclic) bond motifs is 1. The van der Waals surface area contributed by atoms with Crippen molar-refractivity contribution in [2.24, 2.45) is 7.05 Å². The monoisotopic (exact) mass is 554 g/mol. The Hall–Kier alpha value is -4.16. The number of aryl methyl sites for hydroxylation is 1. The molecule has 5 rings (SSSR count). The predicted molar refractivity (Wildman–Crippen MR) is 144 cm³/mol. The molecule has 0 bridgehead atoms. The number of anilines is 2. The number of aromatic nitrogens is 3. The first-order chi connectivity index (χ1) is 19.1. The van der Waals surface area contributed by atoms with Crippen LogP contribution < -0.4 is 14.8 Å². The lowest BCUT2D eigenvalue weighted by Crippen LogP contribution is -2.46. The number of Topliss-reactive ketones (excluding diaryl/α,β-unsaturated/α-hetero) is 1. The van der Waals surface area contributed by atoms with Gasteiger partial charge in [0.05, 0.1) is 29.7 Å². The smallest absolute Gasteiger partial charge is 0.457 e. The standard InChI is InChI=1S/C28H29F3N6O3/c1-35-11-13-37(14-12-35)18-21(38)15-20-16-24(9-10-32-20)39-23-7-8-26-25(17-23)34-27(36(26)2)33-19-3-5-22(6-4-19)40-28(29,30)31/h3-10,16-17H,11-15,18H2,1-2H3,(H,33,34). The minimum absolute atomic E-state index is 0.117. The molecule has 1 fully saturated rings. The van der Waals surface area contributed by atoms with Crippen molar-refractivity contribution in [2.75, 3.05) is 45.1 Å². The highest BCUT2D eigenvalue weighted by molar-refractivity contribution is 5.83. The molecule has 0 amide bonds. The van der Waals surface area contributed by atoms with Gasteiger partial charge in [-0.2, -0.15) is 0 Å². The molecule has 0 spiro atoms. The topological polar surface area (TPSA) is 84.8 Å². The van der Waals surface area contributed by atoms with E-state index in [2.05, 4.69) is 36.9 Å². The van der Waals surface area contributed by atoms with Gasteiger partial charge in [-0.15, -0.1) is 13.2 Å². The number of pyridine rings is 1. The van der Waals surface area contributed by atoms with Gasteiger partial charge < -0.3 is 24.3 Å². The zero-order valence-electron chi connectivity index (χ0n) is 22.1. The number of benzene rings is 2. The first-order valence-corrected chi connectivity index (χ1v) is 12.8. The van der Waals surface area contributed by atoms with Crippen LogP contribution in [0.5, 0.6) is 17.2 Å². The number of nitrogens with zero attached hydrogens (tertiary/aromatic N) is 5. The quantitative estimate of drug-likeness (QED) is 0.317. The third-order valence-electron chi connectivity index (χ3n) is 6.59. The van der Waals surface area contributed by atoms with E-state index in [1.807, 2.05) is 23.7 Å². The minimum atomic E-state index is -4.74. The molecule has 0 saturated carbocycles. The van der Waals surface area contributed by atoms with E-state index < -0.39 is 6.36 Å². The molecule has 210 valence electrons. The van der Waals surface area contributed by atoms with E-state index in [4.69, 9.17) is 4.74 Å². The van der Waals surface area contributed by atoms with Crippen LogP contribution in [-0.2, 0) is 18.3 Å². The Morgan fingerprint density at radius 2 is 1.65 bits per heavy atom. The van der Waals surface area contributed by atoms with Gasteiger partial charge in [0.1, 0.15) is 17.2 Å². The van der Waals surface area contributed by atoms with Crippen molar-refractivity contribution in [2.45, 2.75) is 12.8 Å². The van der Waals surface area contributed by atoms with Crippen LogP contribution in [0.3, 0.4) is 0 Å². The second-order valence-electron chi connectivity index (χ2n) is 9.72. The molecular formula is C28H29F3N6O3. The van der Waals surface area contributed by atoms with Gasteiger partial charge in [0.2, 0.25) is 5.95 Å². The number of imidazole rings is 1. The van der Waals surface area contributed by atoms with Crippen LogP contribution in [0, 0.1) is 0 Å². The number of carbonyl (C=O) groups excluding carboxylic acids is 1. The lowest BCUT2D eigenvalue weighted by molar-refractivity contribution is -0.274. The van der Waals surface area contributed by atoms with Gasteiger partial charge in [0.15, 0.2) is 5.78 Å². The number of ketones is 1. The van der Waals surface area contributed by atoms with Crippen molar-refractivity contribution in [3.63, 3.8) is 0 Å². The van der Waals surface area contributed by atoms with E-state index >= 15 is 0 Å². The lowest BCUT2D eigenvalue weighted by Gasteiger charge is -2.31. The largest absolute Gasteiger partial charge is 0.573 e. The van der Waals surface area contributed by atoms with Gasteiger partial charge >= 0.3 is 6.36 Å². The Morgan fingerprint density at radius 3 is 2.38 bits per heavy atom. The molecular weight excluding hydrogens is 525 g/mol. The SMILES string of the molecule is CN1CCN(CC(=O)Cc2cc(Oc3ccc4c(c3)nc(Nc3ccc(OC(F)(F)F)cc3)n4C)ccn2)CC1. The third kappa shape index (κ3) is 7.07. The molecule has 40 heavy (non-hydrogen) atoms. The molecule has 9 nitrogen and oxygen atoms in total. The summed E-state index contributed by atoms with van der Waals surface area (Å²) in [7, 11) is 3.91. The maximum atomic E-state index is 12.6. The van der Waals surface area contributed by atoms with Gasteiger partial charge in [-0.05, 0) is 49.5 Å². The van der Waals surface area contributed by atoms with E-state index in [0.29, 0.717) is 40.9 Å². The van der Waals surface area contributed by atoms with Crippen molar-refractivity contribution < 1.29 is 27.4 Å². The average Bonchev–Trinajstić information content (AvgIpc) is 3.20. The van der Waals surface area contributed by atoms with E-state index in [1.54, 1.807) is 24.4 Å². The molecule has 2 aromatic heterocycles. The van der Waals surface area contributed by atoms with Gasteiger partial charge in [0.25, 0.3) is 0 Å².